The Morgan fingerprint density at radius 1 is 1.19 bits per heavy atom. The van der Waals surface area contributed by atoms with Crippen LogP contribution < -0.4 is 10.1 Å². The van der Waals surface area contributed by atoms with E-state index in [1.54, 1.807) is 0 Å². The normalized spacial score (nSPS) is 33.2. The number of aryl methyl sites for hydroxylation is 1. The van der Waals surface area contributed by atoms with Crippen LogP contribution in [0.3, 0.4) is 0 Å². The van der Waals surface area contributed by atoms with Gasteiger partial charge < -0.3 is 9.84 Å². The fraction of sp³-hybridized carbons (Fsp3) is 0.565. The first-order valence-corrected chi connectivity index (χ1v) is 10.2. The van der Waals surface area contributed by atoms with Crippen molar-refractivity contribution in [2.75, 3.05) is 6.54 Å². The lowest BCUT2D eigenvalue weighted by atomic mass is 9.65. The van der Waals surface area contributed by atoms with Crippen LogP contribution in [0.4, 0.5) is 0 Å². The van der Waals surface area contributed by atoms with Crippen molar-refractivity contribution >= 4 is 5.57 Å². The van der Waals surface area contributed by atoms with Crippen molar-refractivity contribution in [3.05, 3.63) is 46.0 Å². The van der Waals surface area contributed by atoms with E-state index in [1.165, 1.54) is 39.8 Å². The number of aliphatic hydroxyl groups is 1. The molecule has 1 saturated carbocycles. The molecule has 1 saturated heterocycles. The molecule has 1 aromatic carbocycles. The molecule has 1 heterocycles. The molecule has 3 aliphatic carbocycles. The molecule has 2 N–H and O–H groups in total. The Bertz CT molecular complexity index is 815. The van der Waals surface area contributed by atoms with Crippen molar-refractivity contribution in [1.29, 1.82) is 0 Å². The highest BCUT2D eigenvalue weighted by Crippen LogP contribution is 2.57. The number of rotatable bonds is 2. The van der Waals surface area contributed by atoms with E-state index >= 15 is 0 Å². The first kappa shape index (κ1) is 16.6. The maximum atomic E-state index is 10.6. The lowest BCUT2D eigenvalue weighted by Crippen LogP contribution is -2.32. The smallest absolute Gasteiger partial charge is 0.150 e. The summed E-state index contributed by atoms with van der Waals surface area (Å²) in [4.78, 5) is 0. The van der Waals surface area contributed by atoms with Gasteiger partial charge in [0.05, 0.1) is 6.10 Å². The molecule has 0 spiro atoms. The molecule has 1 unspecified atom stereocenters. The predicted octanol–water partition coefficient (Wildman–Crippen LogP) is 4.36. The third kappa shape index (κ3) is 2.40. The van der Waals surface area contributed by atoms with Gasteiger partial charge in [-0.25, -0.2) is 0 Å². The van der Waals surface area contributed by atoms with Gasteiger partial charge in [0.15, 0.2) is 0 Å². The Morgan fingerprint density at radius 2 is 2.08 bits per heavy atom. The van der Waals surface area contributed by atoms with Crippen LogP contribution in [0.15, 0.2) is 34.9 Å². The molecule has 0 bridgehead atoms. The number of allylic oxidation sites excluding steroid dienone is 3. The zero-order chi connectivity index (χ0) is 17.9. The average Bonchev–Trinajstić information content (AvgIpc) is 3.23. The van der Waals surface area contributed by atoms with E-state index in [0.717, 1.165) is 50.8 Å². The fourth-order valence-electron chi connectivity index (χ4n) is 5.79. The van der Waals surface area contributed by atoms with E-state index in [4.69, 9.17) is 4.74 Å². The quantitative estimate of drug-likeness (QED) is 0.832. The molecule has 2 fully saturated rings. The minimum atomic E-state index is -0.183. The molecule has 0 aromatic heterocycles. The highest BCUT2D eigenvalue weighted by Gasteiger charge is 2.46. The molecule has 1 aliphatic heterocycles. The third-order valence-corrected chi connectivity index (χ3v) is 7.10. The molecule has 3 atom stereocenters. The molecule has 0 amide bonds. The topological polar surface area (TPSA) is 41.5 Å². The van der Waals surface area contributed by atoms with E-state index in [0.29, 0.717) is 0 Å². The minimum absolute atomic E-state index is 0.0301. The van der Waals surface area contributed by atoms with E-state index < -0.39 is 0 Å². The molecule has 1 aromatic rings. The first-order valence-electron chi connectivity index (χ1n) is 10.2. The van der Waals surface area contributed by atoms with E-state index in [1.807, 2.05) is 0 Å². The van der Waals surface area contributed by atoms with Crippen LogP contribution in [-0.4, -0.2) is 24.0 Å². The summed E-state index contributed by atoms with van der Waals surface area (Å²) in [5.74, 6) is 0.995. The standard InChI is InChI=1S/C23H29NO2/c1-14-13-23(2)19(9-10-20(23)25)18-7-5-15-12-16(6-8-17(15)22(14)18)26-21-4-3-11-24-21/h6,8,12,20-21,24-25H,3-5,7,9-11,13H2,1-2H3/t20-,21?,23-/m0/s1. The van der Waals surface area contributed by atoms with Crippen molar-refractivity contribution in [2.24, 2.45) is 5.41 Å². The Morgan fingerprint density at radius 3 is 2.88 bits per heavy atom. The summed E-state index contributed by atoms with van der Waals surface area (Å²) in [5, 5.41) is 14.0. The van der Waals surface area contributed by atoms with Gasteiger partial charge in [-0.2, -0.15) is 0 Å². The zero-order valence-corrected chi connectivity index (χ0v) is 15.9. The van der Waals surface area contributed by atoms with Crippen molar-refractivity contribution < 1.29 is 9.84 Å². The number of benzene rings is 1. The number of hydrogen-bond donors (Lipinski definition) is 2. The second-order valence-electron chi connectivity index (χ2n) is 8.78. The minimum Gasteiger partial charge on any atom is -0.475 e. The molecule has 0 radical (unpaired) electrons. The van der Waals surface area contributed by atoms with Crippen LogP contribution in [0.5, 0.6) is 5.75 Å². The second-order valence-corrected chi connectivity index (χ2v) is 8.78. The van der Waals surface area contributed by atoms with Crippen molar-refractivity contribution in [1.82, 2.24) is 5.32 Å². The van der Waals surface area contributed by atoms with Gasteiger partial charge in [-0.15, -0.1) is 0 Å². The lowest BCUT2D eigenvalue weighted by molar-refractivity contribution is 0.0828. The number of aliphatic hydroxyl groups excluding tert-OH is 1. The zero-order valence-electron chi connectivity index (χ0n) is 15.9. The third-order valence-electron chi connectivity index (χ3n) is 7.10. The largest absolute Gasteiger partial charge is 0.475 e. The van der Waals surface area contributed by atoms with Crippen LogP contribution in [0, 0.1) is 5.41 Å². The number of hydrogen-bond acceptors (Lipinski definition) is 3. The summed E-state index contributed by atoms with van der Waals surface area (Å²) in [6, 6.07) is 6.67. The van der Waals surface area contributed by atoms with Crippen LogP contribution in [-0.2, 0) is 6.42 Å². The van der Waals surface area contributed by atoms with Crippen molar-refractivity contribution in [3.63, 3.8) is 0 Å². The maximum Gasteiger partial charge on any atom is 0.150 e. The molecule has 4 aliphatic rings. The van der Waals surface area contributed by atoms with Gasteiger partial charge >= 0.3 is 0 Å². The van der Waals surface area contributed by atoms with Gasteiger partial charge in [-0.05, 0) is 92.8 Å². The van der Waals surface area contributed by atoms with Crippen molar-refractivity contribution in [2.45, 2.75) is 71.1 Å². The van der Waals surface area contributed by atoms with Crippen molar-refractivity contribution in [3.8, 4) is 5.75 Å². The highest BCUT2D eigenvalue weighted by molar-refractivity contribution is 5.87. The molecule has 26 heavy (non-hydrogen) atoms. The summed E-state index contributed by atoms with van der Waals surface area (Å²) in [6.45, 7) is 5.60. The van der Waals surface area contributed by atoms with E-state index in [2.05, 4.69) is 37.4 Å². The summed E-state index contributed by atoms with van der Waals surface area (Å²) < 4.78 is 6.13. The van der Waals surface area contributed by atoms with Gasteiger partial charge in [0, 0.05) is 5.41 Å². The molecule has 3 heteroatoms. The molecular formula is C23H29NO2. The summed E-state index contributed by atoms with van der Waals surface area (Å²) in [6.07, 6.45) is 7.43. The van der Waals surface area contributed by atoms with Gasteiger partial charge in [0.1, 0.15) is 12.0 Å². The Labute approximate surface area is 156 Å². The van der Waals surface area contributed by atoms with Crippen LogP contribution >= 0.6 is 0 Å². The Hall–Kier alpha value is -1.58. The molecular weight excluding hydrogens is 322 g/mol. The highest BCUT2D eigenvalue weighted by atomic mass is 16.5. The summed E-state index contributed by atoms with van der Waals surface area (Å²) in [7, 11) is 0. The monoisotopic (exact) mass is 351 g/mol. The first-order chi connectivity index (χ1) is 12.6. The number of nitrogens with one attached hydrogen (secondary N) is 1. The summed E-state index contributed by atoms with van der Waals surface area (Å²) >= 11 is 0. The average molecular weight is 351 g/mol. The van der Waals surface area contributed by atoms with Crippen LogP contribution in [0.25, 0.3) is 5.57 Å². The number of ether oxygens (including phenoxy) is 1. The fourth-order valence-corrected chi connectivity index (χ4v) is 5.79. The molecule has 3 nitrogen and oxygen atoms in total. The lowest BCUT2D eigenvalue weighted by Gasteiger charge is -2.40. The Kier molecular flexibility index (Phi) is 3.81. The van der Waals surface area contributed by atoms with Gasteiger partial charge in [0.25, 0.3) is 0 Å². The number of fused-ring (bicyclic) bond motifs is 4. The van der Waals surface area contributed by atoms with Gasteiger partial charge in [0.2, 0.25) is 0 Å². The second kappa shape index (κ2) is 5.97. The van der Waals surface area contributed by atoms with Crippen LogP contribution in [0.1, 0.15) is 63.5 Å². The predicted molar refractivity (Wildman–Crippen MR) is 104 cm³/mol. The van der Waals surface area contributed by atoms with E-state index in [-0.39, 0.29) is 17.7 Å². The van der Waals surface area contributed by atoms with E-state index in [9.17, 15) is 5.11 Å². The summed E-state index contributed by atoms with van der Waals surface area (Å²) in [5.41, 5.74) is 8.76. The molecule has 138 valence electrons. The maximum absolute atomic E-state index is 10.6. The van der Waals surface area contributed by atoms with Crippen LogP contribution in [0.2, 0.25) is 0 Å². The molecule has 5 rings (SSSR count). The SMILES string of the molecule is CC1=C2C(=C3CC[C@H](O)[C@@]3(C)C1)CCc1cc(OC3CCCN3)ccc12. The Balaban J connectivity index is 1.52. The van der Waals surface area contributed by atoms with Gasteiger partial charge in [-0.3, -0.25) is 5.32 Å². The van der Waals surface area contributed by atoms with Gasteiger partial charge in [-0.1, -0.05) is 24.1 Å².